The molecule has 96 valence electrons. The monoisotopic (exact) mass is 266 g/mol. The number of rotatable bonds is 4. The summed E-state index contributed by atoms with van der Waals surface area (Å²) in [6.07, 6.45) is 4.82. The summed E-state index contributed by atoms with van der Waals surface area (Å²) >= 11 is 6.08. The van der Waals surface area contributed by atoms with E-state index in [1.54, 1.807) is 18.3 Å². The topological polar surface area (TPSA) is 72.4 Å². The zero-order valence-corrected chi connectivity index (χ0v) is 10.9. The van der Waals surface area contributed by atoms with E-state index < -0.39 is 0 Å². The van der Waals surface area contributed by atoms with Crippen molar-refractivity contribution in [1.29, 1.82) is 0 Å². The van der Waals surface area contributed by atoms with Crippen LogP contribution in [0.15, 0.2) is 18.3 Å². The van der Waals surface area contributed by atoms with E-state index in [9.17, 15) is 4.79 Å². The molecule has 2 heterocycles. The molecule has 3 N–H and O–H groups in total. The van der Waals surface area contributed by atoms with E-state index in [0.717, 1.165) is 30.6 Å². The van der Waals surface area contributed by atoms with Crippen molar-refractivity contribution >= 4 is 23.0 Å². The van der Waals surface area contributed by atoms with E-state index in [-0.39, 0.29) is 5.91 Å². The predicted octanol–water partition coefficient (Wildman–Crippen LogP) is 1.93. The Morgan fingerprint density at radius 2 is 2.39 bits per heavy atom. The van der Waals surface area contributed by atoms with Crippen LogP contribution in [0, 0.1) is 0 Å². The van der Waals surface area contributed by atoms with E-state index in [2.05, 4.69) is 17.3 Å². The number of halogens is 1. The normalized spacial score (nSPS) is 10.8. The zero-order chi connectivity index (χ0) is 13.1. The Morgan fingerprint density at radius 1 is 1.61 bits per heavy atom. The first kappa shape index (κ1) is 12.9. The summed E-state index contributed by atoms with van der Waals surface area (Å²) in [5.41, 5.74) is 3.29. The summed E-state index contributed by atoms with van der Waals surface area (Å²) in [6, 6.07) is 3.38. The Labute approximate surface area is 110 Å². The van der Waals surface area contributed by atoms with Crippen LogP contribution in [0.4, 0.5) is 0 Å². The van der Waals surface area contributed by atoms with Gasteiger partial charge in [0.05, 0.1) is 5.52 Å². The Bertz CT molecular complexity index is 579. The number of nitrogens with two attached hydrogens (primary N) is 1. The van der Waals surface area contributed by atoms with Gasteiger partial charge in [-0.2, -0.15) is 0 Å². The van der Waals surface area contributed by atoms with Crippen molar-refractivity contribution in [2.24, 2.45) is 5.84 Å². The Balaban J connectivity index is 2.45. The second-order valence-corrected chi connectivity index (χ2v) is 4.42. The number of aryl methyl sites for hydroxylation is 1. The van der Waals surface area contributed by atoms with Crippen molar-refractivity contribution in [3.8, 4) is 0 Å². The molecule has 0 saturated carbocycles. The van der Waals surface area contributed by atoms with Crippen molar-refractivity contribution in [3.05, 3.63) is 34.9 Å². The second kappa shape index (κ2) is 5.37. The fraction of sp³-hybridized carbons (Fsp3) is 0.333. The van der Waals surface area contributed by atoms with Crippen LogP contribution in [0.2, 0.25) is 5.15 Å². The quantitative estimate of drug-likeness (QED) is 0.505. The lowest BCUT2D eigenvalue weighted by atomic mass is 10.2. The van der Waals surface area contributed by atoms with Crippen molar-refractivity contribution in [2.45, 2.75) is 26.2 Å². The van der Waals surface area contributed by atoms with Crippen LogP contribution in [0.3, 0.4) is 0 Å². The molecule has 0 radical (unpaired) electrons. The highest BCUT2D eigenvalue weighted by Gasteiger charge is 2.11. The van der Waals surface area contributed by atoms with Crippen LogP contribution < -0.4 is 11.3 Å². The molecule has 0 unspecified atom stereocenters. The summed E-state index contributed by atoms with van der Waals surface area (Å²) < 4.78 is 1.91. The lowest BCUT2D eigenvalue weighted by Gasteiger charge is -2.03. The number of carbonyl (C=O) groups is 1. The number of carbonyl (C=O) groups excluding carboxylic acids is 1. The SMILES string of the molecule is CCCCc1nc(Cl)c2cc(C(=O)NN)ccn12. The van der Waals surface area contributed by atoms with E-state index in [4.69, 9.17) is 17.4 Å². The molecule has 0 spiro atoms. The highest BCUT2D eigenvalue weighted by molar-refractivity contribution is 6.32. The molecule has 0 saturated heterocycles. The summed E-state index contributed by atoms with van der Waals surface area (Å²) in [5, 5.41) is 0.410. The highest BCUT2D eigenvalue weighted by Crippen LogP contribution is 2.20. The van der Waals surface area contributed by atoms with Crippen molar-refractivity contribution in [1.82, 2.24) is 14.8 Å². The molecule has 0 aliphatic rings. The molecule has 5 nitrogen and oxygen atoms in total. The van der Waals surface area contributed by atoms with Gasteiger partial charge in [-0.25, -0.2) is 10.8 Å². The number of nitrogens with one attached hydrogen (secondary N) is 1. The number of hydrogen-bond donors (Lipinski definition) is 2. The molecule has 0 fully saturated rings. The lowest BCUT2D eigenvalue weighted by Crippen LogP contribution is -2.29. The van der Waals surface area contributed by atoms with E-state index in [1.165, 1.54) is 0 Å². The summed E-state index contributed by atoms with van der Waals surface area (Å²) in [6.45, 7) is 2.13. The molecule has 0 atom stereocenters. The molecule has 0 aliphatic carbocycles. The fourth-order valence-corrected chi connectivity index (χ4v) is 2.09. The molecule has 6 heteroatoms. The van der Waals surface area contributed by atoms with Gasteiger partial charge in [0.25, 0.3) is 5.91 Å². The number of amides is 1. The Hall–Kier alpha value is -1.59. The van der Waals surface area contributed by atoms with Crippen LogP contribution in [0.5, 0.6) is 0 Å². The van der Waals surface area contributed by atoms with Crippen LogP contribution in [-0.2, 0) is 6.42 Å². The molecule has 2 rings (SSSR count). The van der Waals surface area contributed by atoms with Crippen LogP contribution in [-0.4, -0.2) is 15.3 Å². The molecule has 2 aromatic heterocycles. The number of nitrogens with zero attached hydrogens (tertiary/aromatic N) is 2. The molecule has 1 amide bonds. The number of fused-ring (bicyclic) bond motifs is 1. The Morgan fingerprint density at radius 3 is 3.06 bits per heavy atom. The first-order valence-electron chi connectivity index (χ1n) is 5.84. The predicted molar refractivity (Wildman–Crippen MR) is 70.5 cm³/mol. The molecule has 18 heavy (non-hydrogen) atoms. The maximum Gasteiger partial charge on any atom is 0.265 e. The van der Waals surface area contributed by atoms with Crippen LogP contribution in [0.25, 0.3) is 5.52 Å². The molecular formula is C12H15ClN4O. The van der Waals surface area contributed by atoms with Gasteiger partial charge >= 0.3 is 0 Å². The minimum Gasteiger partial charge on any atom is -0.302 e. The van der Waals surface area contributed by atoms with Gasteiger partial charge in [0, 0.05) is 18.2 Å². The number of imidazole rings is 1. The minimum absolute atomic E-state index is 0.343. The maximum atomic E-state index is 11.4. The van der Waals surface area contributed by atoms with Crippen molar-refractivity contribution in [2.75, 3.05) is 0 Å². The first-order chi connectivity index (χ1) is 8.67. The lowest BCUT2D eigenvalue weighted by molar-refractivity contribution is 0.0953. The zero-order valence-electron chi connectivity index (χ0n) is 10.1. The van der Waals surface area contributed by atoms with Gasteiger partial charge in [0.1, 0.15) is 5.82 Å². The average Bonchev–Trinajstić information content (AvgIpc) is 2.72. The third-order valence-electron chi connectivity index (χ3n) is 2.82. The molecular weight excluding hydrogens is 252 g/mol. The van der Waals surface area contributed by atoms with Crippen molar-refractivity contribution < 1.29 is 4.79 Å². The third-order valence-corrected chi connectivity index (χ3v) is 3.10. The minimum atomic E-state index is -0.343. The van der Waals surface area contributed by atoms with Crippen LogP contribution >= 0.6 is 11.6 Å². The first-order valence-corrected chi connectivity index (χ1v) is 6.22. The van der Waals surface area contributed by atoms with Gasteiger partial charge in [0.15, 0.2) is 5.15 Å². The van der Waals surface area contributed by atoms with Gasteiger partial charge in [0.2, 0.25) is 0 Å². The molecule has 0 aromatic carbocycles. The summed E-state index contributed by atoms with van der Waals surface area (Å²) in [5.74, 6) is 5.67. The van der Waals surface area contributed by atoms with E-state index >= 15 is 0 Å². The van der Waals surface area contributed by atoms with E-state index in [0.29, 0.717) is 10.7 Å². The number of nitrogen functional groups attached to an aromatic ring is 1. The molecule has 0 aliphatic heterocycles. The number of hydrazine groups is 1. The largest absolute Gasteiger partial charge is 0.302 e. The van der Waals surface area contributed by atoms with Gasteiger partial charge < -0.3 is 4.40 Å². The average molecular weight is 267 g/mol. The number of hydrogen-bond acceptors (Lipinski definition) is 3. The highest BCUT2D eigenvalue weighted by atomic mass is 35.5. The van der Waals surface area contributed by atoms with Crippen molar-refractivity contribution in [3.63, 3.8) is 0 Å². The Kier molecular flexibility index (Phi) is 3.84. The summed E-state index contributed by atoms with van der Waals surface area (Å²) in [4.78, 5) is 15.8. The number of pyridine rings is 1. The molecule has 2 aromatic rings. The number of unbranched alkanes of at least 4 members (excludes halogenated alkanes) is 1. The van der Waals surface area contributed by atoms with E-state index in [1.807, 2.05) is 4.40 Å². The fourth-order valence-electron chi connectivity index (χ4n) is 1.84. The van der Waals surface area contributed by atoms with Gasteiger partial charge in [-0.15, -0.1) is 0 Å². The second-order valence-electron chi connectivity index (χ2n) is 4.07. The third kappa shape index (κ3) is 2.32. The van der Waals surface area contributed by atoms with Crippen LogP contribution in [0.1, 0.15) is 35.9 Å². The number of aromatic nitrogens is 2. The standard InChI is InChI=1S/C12H15ClN4O/c1-2-3-4-10-15-11(13)9-7-8(12(18)16-14)5-6-17(9)10/h5-7H,2-4,14H2,1H3,(H,16,18). The van der Waals surface area contributed by atoms with Gasteiger partial charge in [-0.05, 0) is 18.6 Å². The summed E-state index contributed by atoms with van der Waals surface area (Å²) in [7, 11) is 0. The smallest absolute Gasteiger partial charge is 0.265 e. The maximum absolute atomic E-state index is 11.4. The van der Waals surface area contributed by atoms with Gasteiger partial charge in [-0.3, -0.25) is 10.2 Å². The molecule has 0 bridgehead atoms. The van der Waals surface area contributed by atoms with Gasteiger partial charge in [-0.1, -0.05) is 24.9 Å².